The molecule has 88 valence electrons. The molecular weight excluding hydrogens is 198 g/mol. The molecule has 1 aliphatic heterocycles. The van der Waals surface area contributed by atoms with Crippen molar-refractivity contribution in [1.82, 2.24) is 5.32 Å². The predicted octanol–water partition coefficient (Wildman–Crippen LogP) is 2.64. The summed E-state index contributed by atoms with van der Waals surface area (Å²) in [7, 11) is 1.75. The third-order valence-electron chi connectivity index (χ3n) is 3.23. The summed E-state index contributed by atoms with van der Waals surface area (Å²) in [6.45, 7) is 8.85. The molecule has 1 aliphatic rings. The summed E-state index contributed by atoms with van der Waals surface area (Å²) in [4.78, 5) is 0. The average molecular weight is 219 g/mol. The number of methoxy groups -OCH3 is 1. The van der Waals surface area contributed by atoms with Gasteiger partial charge in [-0.25, -0.2) is 0 Å². The SMILES string of the molecule is COc1cc2c(c(C(C)(C)C)c1)CNCC2. The molecule has 0 atom stereocenters. The Hall–Kier alpha value is -1.02. The molecule has 1 aromatic carbocycles. The molecule has 2 nitrogen and oxygen atoms in total. The van der Waals surface area contributed by atoms with Gasteiger partial charge in [0.1, 0.15) is 5.75 Å². The van der Waals surface area contributed by atoms with E-state index < -0.39 is 0 Å². The minimum absolute atomic E-state index is 0.178. The van der Waals surface area contributed by atoms with Crippen LogP contribution in [0, 0.1) is 0 Å². The Morgan fingerprint density at radius 2 is 2.00 bits per heavy atom. The molecule has 1 N–H and O–H groups in total. The van der Waals surface area contributed by atoms with Crippen molar-refractivity contribution >= 4 is 0 Å². The zero-order valence-electron chi connectivity index (χ0n) is 10.7. The molecule has 0 spiro atoms. The number of fused-ring (bicyclic) bond motifs is 1. The van der Waals surface area contributed by atoms with E-state index in [1.54, 1.807) is 7.11 Å². The molecular formula is C14H21NO. The largest absolute Gasteiger partial charge is 0.497 e. The molecule has 0 aromatic heterocycles. The molecule has 0 unspecified atom stereocenters. The fourth-order valence-corrected chi connectivity index (χ4v) is 2.36. The van der Waals surface area contributed by atoms with Crippen LogP contribution in [0.2, 0.25) is 0 Å². The lowest BCUT2D eigenvalue weighted by molar-refractivity contribution is 0.410. The smallest absolute Gasteiger partial charge is 0.119 e. The first-order chi connectivity index (χ1) is 7.52. The number of rotatable bonds is 1. The second kappa shape index (κ2) is 4.10. The number of hydrogen-bond donors (Lipinski definition) is 1. The Bertz CT molecular complexity index is 390. The van der Waals surface area contributed by atoms with Crippen molar-refractivity contribution in [1.29, 1.82) is 0 Å². The molecule has 0 saturated carbocycles. The van der Waals surface area contributed by atoms with Gasteiger partial charge in [-0.1, -0.05) is 20.8 Å². The van der Waals surface area contributed by atoms with Gasteiger partial charge in [-0.2, -0.15) is 0 Å². The molecule has 1 heterocycles. The predicted molar refractivity (Wildman–Crippen MR) is 67.1 cm³/mol. The highest BCUT2D eigenvalue weighted by Gasteiger charge is 2.22. The van der Waals surface area contributed by atoms with E-state index >= 15 is 0 Å². The first kappa shape index (κ1) is 11.5. The van der Waals surface area contributed by atoms with Gasteiger partial charge < -0.3 is 10.1 Å². The standard InChI is InChI=1S/C14H21NO/c1-14(2,3)13-8-11(16-4)7-10-5-6-15-9-12(10)13/h7-8,15H,5-6,9H2,1-4H3. The Morgan fingerprint density at radius 3 is 2.62 bits per heavy atom. The van der Waals surface area contributed by atoms with Crippen LogP contribution in [0.15, 0.2) is 12.1 Å². The summed E-state index contributed by atoms with van der Waals surface area (Å²) in [5, 5.41) is 3.45. The van der Waals surface area contributed by atoms with Gasteiger partial charge in [0.25, 0.3) is 0 Å². The van der Waals surface area contributed by atoms with Crippen LogP contribution in [-0.2, 0) is 18.4 Å². The van der Waals surface area contributed by atoms with Crippen molar-refractivity contribution in [2.75, 3.05) is 13.7 Å². The summed E-state index contributed by atoms with van der Waals surface area (Å²) >= 11 is 0. The van der Waals surface area contributed by atoms with Crippen LogP contribution in [0.1, 0.15) is 37.5 Å². The van der Waals surface area contributed by atoms with E-state index in [2.05, 4.69) is 38.2 Å². The molecule has 0 amide bonds. The van der Waals surface area contributed by atoms with Crippen LogP contribution >= 0.6 is 0 Å². The first-order valence-corrected chi connectivity index (χ1v) is 5.93. The summed E-state index contributed by atoms with van der Waals surface area (Å²) in [5.74, 6) is 0.991. The van der Waals surface area contributed by atoms with Crippen LogP contribution in [0.25, 0.3) is 0 Å². The number of ether oxygens (including phenoxy) is 1. The lowest BCUT2D eigenvalue weighted by atomic mass is 9.80. The Labute approximate surface area is 98.0 Å². The van der Waals surface area contributed by atoms with Crippen LogP contribution in [0.5, 0.6) is 5.75 Å². The third kappa shape index (κ3) is 2.07. The normalized spacial score (nSPS) is 15.8. The molecule has 0 fully saturated rings. The highest BCUT2D eigenvalue weighted by atomic mass is 16.5. The third-order valence-corrected chi connectivity index (χ3v) is 3.23. The van der Waals surface area contributed by atoms with E-state index in [1.807, 2.05) is 0 Å². The Morgan fingerprint density at radius 1 is 1.25 bits per heavy atom. The molecule has 2 rings (SSSR count). The van der Waals surface area contributed by atoms with E-state index in [0.29, 0.717) is 0 Å². The van der Waals surface area contributed by atoms with Crippen molar-refractivity contribution in [3.63, 3.8) is 0 Å². The summed E-state index contributed by atoms with van der Waals surface area (Å²) in [5.41, 5.74) is 4.51. The van der Waals surface area contributed by atoms with Crippen molar-refractivity contribution in [2.24, 2.45) is 0 Å². The number of hydrogen-bond acceptors (Lipinski definition) is 2. The monoisotopic (exact) mass is 219 g/mol. The first-order valence-electron chi connectivity index (χ1n) is 5.93. The molecule has 0 bridgehead atoms. The molecule has 0 radical (unpaired) electrons. The maximum atomic E-state index is 5.40. The van der Waals surface area contributed by atoms with Crippen LogP contribution in [0.4, 0.5) is 0 Å². The van der Waals surface area contributed by atoms with Gasteiger partial charge >= 0.3 is 0 Å². The van der Waals surface area contributed by atoms with E-state index in [9.17, 15) is 0 Å². The van der Waals surface area contributed by atoms with Crippen molar-refractivity contribution in [3.05, 3.63) is 28.8 Å². The second-order valence-corrected chi connectivity index (χ2v) is 5.49. The minimum Gasteiger partial charge on any atom is -0.497 e. The van der Waals surface area contributed by atoms with E-state index in [1.165, 1.54) is 16.7 Å². The van der Waals surface area contributed by atoms with Gasteiger partial charge in [-0.05, 0) is 47.2 Å². The van der Waals surface area contributed by atoms with Crippen LogP contribution in [0.3, 0.4) is 0 Å². The van der Waals surface area contributed by atoms with Crippen molar-refractivity contribution < 1.29 is 4.74 Å². The van der Waals surface area contributed by atoms with Gasteiger partial charge in [0.2, 0.25) is 0 Å². The quantitative estimate of drug-likeness (QED) is 0.784. The number of benzene rings is 1. The molecule has 0 aliphatic carbocycles. The summed E-state index contributed by atoms with van der Waals surface area (Å²) in [6.07, 6.45) is 1.11. The highest BCUT2D eigenvalue weighted by molar-refractivity contribution is 5.46. The zero-order chi connectivity index (χ0) is 11.8. The Kier molecular flexibility index (Phi) is 2.94. The van der Waals surface area contributed by atoms with Gasteiger partial charge in [-0.3, -0.25) is 0 Å². The van der Waals surface area contributed by atoms with Crippen LogP contribution in [-0.4, -0.2) is 13.7 Å². The van der Waals surface area contributed by atoms with E-state index in [4.69, 9.17) is 4.74 Å². The average Bonchev–Trinajstić information content (AvgIpc) is 2.26. The van der Waals surface area contributed by atoms with Gasteiger partial charge in [0.15, 0.2) is 0 Å². The second-order valence-electron chi connectivity index (χ2n) is 5.49. The highest BCUT2D eigenvalue weighted by Crippen LogP contribution is 2.33. The van der Waals surface area contributed by atoms with E-state index in [0.717, 1.165) is 25.3 Å². The summed E-state index contributed by atoms with van der Waals surface area (Å²) < 4.78 is 5.40. The fraction of sp³-hybridized carbons (Fsp3) is 0.571. The van der Waals surface area contributed by atoms with Gasteiger partial charge in [-0.15, -0.1) is 0 Å². The van der Waals surface area contributed by atoms with Gasteiger partial charge in [0, 0.05) is 6.54 Å². The number of nitrogens with one attached hydrogen (secondary N) is 1. The van der Waals surface area contributed by atoms with Crippen LogP contribution < -0.4 is 10.1 Å². The van der Waals surface area contributed by atoms with E-state index in [-0.39, 0.29) is 5.41 Å². The molecule has 0 saturated heterocycles. The van der Waals surface area contributed by atoms with Crippen molar-refractivity contribution in [3.8, 4) is 5.75 Å². The Balaban J connectivity index is 2.56. The van der Waals surface area contributed by atoms with Gasteiger partial charge in [0.05, 0.1) is 7.11 Å². The fourth-order valence-electron chi connectivity index (χ4n) is 2.36. The maximum Gasteiger partial charge on any atom is 0.119 e. The molecule has 16 heavy (non-hydrogen) atoms. The molecule has 1 aromatic rings. The maximum absolute atomic E-state index is 5.40. The zero-order valence-corrected chi connectivity index (χ0v) is 10.7. The minimum atomic E-state index is 0.178. The lowest BCUT2D eigenvalue weighted by Gasteiger charge is -2.28. The summed E-state index contributed by atoms with van der Waals surface area (Å²) in [6, 6.07) is 4.37. The lowest BCUT2D eigenvalue weighted by Crippen LogP contribution is -2.27. The van der Waals surface area contributed by atoms with Crippen molar-refractivity contribution in [2.45, 2.75) is 39.2 Å². The molecule has 2 heteroatoms. The topological polar surface area (TPSA) is 21.3 Å².